The Kier molecular flexibility index (Phi) is 11.5. The maximum absolute atomic E-state index is 4.84. The van der Waals surface area contributed by atoms with Gasteiger partial charge in [-0.3, -0.25) is 4.98 Å². The second kappa shape index (κ2) is 13.2. The van der Waals surface area contributed by atoms with Crippen molar-refractivity contribution in [3.8, 4) is 0 Å². The van der Waals surface area contributed by atoms with Gasteiger partial charge in [-0.2, -0.15) is 0 Å². The molecule has 0 aliphatic carbocycles. The van der Waals surface area contributed by atoms with Crippen LogP contribution in [0.2, 0.25) is 0 Å². The van der Waals surface area contributed by atoms with Crippen LogP contribution in [0.1, 0.15) is 118 Å². The molecule has 0 N–H and O–H groups in total. The Morgan fingerprint density at radius 3 is 1.27 bits per heavy atom. The smallest absolute Gasteiger partial charge is 0.112 e. The highest BCUT2D eigenvalue weighted by Crippen LogP contribution is 2.31. The SMILES string of the molecule is CC.CC.Cc1c(C)c(C)c2c(nc(C(C)C)n2C)c1C.Cc1nc(C)c2nc(C(C)C)n(C)c2c1C. The number of pyridine rings is 1. The molecular formula is C32H53N5. The summed E-state index contributed by atoms with van der Waals surface area (Å²) < 4.78 is 4.46. The molecule has 5 heteroatoms. The second-order valence-electron chi connectivity index (χ2n) is 10.2. The first kappa shape index (κ1) is 32.3. The van der Waals surface area contributed by atoms with Crippen LogP contribution in [0, 0.1) is 48.5 Å². The zero-order valence-electron chi connectivity index (χ0n) is 26.9. The molecule has 4 rings (SSSR count). The number of aromatic nitrogens is 5. The summed E-state index contributed by atoms with van der Waals surface area (Å²) in [7, 11) is 4.22. The highest BCUT2D eigenvalue weighted by molar-refractivity contribution is 5.85. The third-order valence-corrected chi connectivity index (χ3v) is 7.27. The van der Waals surface area contributed by atoms with Crippen LogP contribution in [-0.2, 0) is 14.1 Å². The fraction of sp³-hybridized carbons (Fsp3) is 0.594. The molecule has 1 aromatic carbocycles. The molecule has 4 aromatic rings. The van der Waals surface area contributed by atoms with E-state index in [2.05, 4.69) is 97.5 Å². The minimum atomic E-state index is 0.441. The van der Waals surface area contributed by atoms with Gasteiger partial charge in [0.15, 0.2) is 0 Å². The van der Waals surface area contributed by atoms with Crippen LogP contribution in [-0.4, -0.2) is 24.1 Å². The number of fused-ring (bicyclic) bond motifs is 2. The third-order valence-electron chi connectivity index (χ3n) is 7.27. The molecule has 0 atom stereocenters. The number of benzene rings is 1. The van der Waals surface area contributed by atoms with E-state index in [0.29, 0.717) is 11.8 Å². The zero-order valence-corrected chi connectivity index (χ0v) is 26.9. The lowest BCUT2D eigenvalue weighted by Gasteiger charge is -2.11. The van der Waals surface area contributed by atoms with Gasteiger partial charge in [0.2, 0.25) is 0 Å². The van der Waals surface area contributed by atoms with Gasteiger partial charge in [0.1, 0.15) is 17.2 Å². The molecule has 3 aromatic heterocycles. The first-order valence-corrected chi connectivity index (χ1v) is 14.0. The average molecular weight is 508 g/mol. The van der Waals surface area contributed by atoms with Crippen LogP contribution in [0.3, 0.4) is 0 Å². The molecule has 0 spiro atoms. The standard InChI is InChI=1S/C15H22N2.C13H19N3.2C2H6/c1-8(2)15-16-13-11(5)9(3)10(4)12(6)14(13)17(15)7;1-7(2)13-15-11-10(5)14-9(4)8(3)12(11)16(13)6;2*1-2/h8H,1-7H3;7H,1-6H3;2*1-2H3. The van der Waals surface area contributed by atoms with E-state index in [9.17, 15) is 0 Å². The van der Waals surface area contributed by atoms with Crippen LogP contribution >= 0.6 is 0 Å². The third kappa shape index (κ3) is 6.08. The molecule has 0 saturated heterocycles. The van der Waals surface area contributed by atoms with Gasteiger partial charge in [-0.1, -0.05) is 55.4 Å². The summed E-state index contributed by atoms with van der Waals surface area (Å²) in [6.45, 7) is 31.7. The van der Waals surface area contributed by atoms with E-state index in [4.69, 9.17) is 9.97 Å². The summed E-state index contributed by atoms with van der Waals surface area (Å²) in [4.78, 5) is 14.1. The van der Waals surface area contributed by atoms with Crippen LogP contribution in [0.4, 0.5) is 0 Å². The van der Waals surface area contributed by atoms with Crippen LogP contribution < -0.4 is 0 Å². The largest absolute Gasteiger partial charge is 0.331 e. The summed E-state index contributed by atoms with van der Waals surface area (Å²) in [6, 6.07) is 0. The van der Waals surface area contributed by atoms with E-state index < -0.39 is 0 Å². The minimum absolute atomic E-state index is 0.441. The molecule has 206 valence electrons. The fourth-order valence-electron chi connectivity index (χ4n) is 4.91. The number of aryl methyl sites for hydroxylation is 7. The molecule has 3 heterocycles. The number of rotatable bonds is 2. The van der Waals surface area contributed by atoms with Gasteiger partial charge in [0.05, 0.1) is 22.2 Å². The van der Waals surface area contributed by atoms with Crippen LogP contribution in [0.5, 0.6) is 0 Å². The Morgan fingerprint density at radius 1 is 0.459 bits per heavy atom. The Labute approximate surface area is 226 Å². The monoisotopic (exact) mass is 507 g/mol. The van der Waals surface area contributed by atoms with Gasteiger partial charge < -0.3 is 9.13 Å². The van der Waals surface area contributed by atoms with E-state index >= 15 is 0 Å². The van der Waals surface area contributed by atoms with Crippen LogP contribution in [0.15, 0.2) is 0 Å². The van der Waals surface area contributed by atoms with Gasteiger partial charge in [-0.15, -0.1) is 0 Å². The first-order chi connectivity index (χ1) is 17.3. The molecule has 0 aliphatic rings. The van der Waals surface area contributed by atoms with Crippen LogP contribution in [0.25, 0.3) is 22.1 Å². The minimum Gasteiger partial charge on any atom is -0.331 e. The summed E-state index contributed by atoms with van der Waals surface area (Å²) in [6.07, 6.45) is 0. The number of nitrogens with zero attached hydrogens (tertiary/aromatic N) is 5. The molecule has 0 amide bonds. The lowest BCUT2D eigenvalue weighted by atomic mass is 9.97. The fourth-order valence-corrected chi connectivity index (χ4v) is 4.91. The quantitative estimate of drug-likeness (QED) is 0.272. The van der Waals surface area contributed by atoms with Crippen molar-refractivity contribution in [2.45, 2.75) is 116 Å². The van der Waals surface area contributed by atoms with Crippen molar-refractivity contribution in [3.05, 3.63) is 50.9 Å². The molecule has 0 unspecified atom stereocenters. The number of imidazole rings is 2. The molecule has 0 bridgehead atoms. The number of hydrogen-bond donors (Lipinski definition) is 0. The van der Waals surface area contributed by atoms with Gasteiger partial charge in [0.25, 0.3) is 0 Å². The topological polar surface area (TPSA) is 48.5 Å². The summed E-state index contributed by atoms with van der Waals surface area (Å²) in [5, 5.41) is 0. The van der Waals surface area contributed by atoms with Crippen molar-refractivity contribution in [3.63, 3.8) is 0 Å². The molecule has 0 saturated carbocycles. The predicted octanol–water partition coefficient (Wildman–Crippen LogP) is 9.00. The van der Waals surface area contributed by atoms with E-state index in [1.54, 1.807) is 0 Å². The highest BCUT2D eigenvalue weighted by Gasteiger charge is 2.18. The van der Waals surface area contributed by atoms with E-state index in [0.717, 1.165) is 22.7 Å². The molecular weight excluding hydrogens is 454 g/mol. The summed E-state index contributed by atoms with van der Waals surface area (Å²) in [5.41, 5.74) is 13.6. The molecule has 37 heavy (non-hydrogen) atoms. The Balaban J connectivity index is 0.000000327. The summed E-state index contributed by atoms with van der Waals surface area (Å²) in [5.74, 6) is 3.22. The van der Waals surface area contributed by atoms with Gasteiger partial charge in [-0.25, -0.2) is 9.97 Å². The van der Waals surface area contributed by atoms with Crippen molar-refractivity contribution in [2.24, 2.45) is 14.1 Å². The Morgan fingerprint density at radius 2 is 0.838 bits per heavy atom. The normalized spacial score (nSPS) is 10.8. The zero-order chi connectivity index (χ0) is 28.9. The molecule has 0 fully saturated rings. The maximum Gasteiger partial charge on any atom is 0.112 e. The highest BCUT2D eigenvalue weighted by atomic mass is 15.1. The van der Waals surface area contributed by atoms with Crippen molar-refractivity contribution in [2.75, 3.05) is 0 Å². The predicted molar refractivity (Wildman–Crippen MR) is 163 cm³/mol. The molecule has 0 aliphatic heterocycles. The van der Waals surface area contributed by atoms with Gasteiger partial charge in [0, 0.05) is 31.6 Å². The van der Waals surface area contributed by atoms with E-state index in [1.165, 1.54) is 50.2 Å². The van der Waals surface area contributed by atoms with Crippen molar-refractivity contribution in [1.29, 1.82) is 0 Å². The Hall–Kier alpha value is -2.69. The van der Waals surface area contributed by atoms with E-state index in [1.807, 2.05) is 34.6 Å². The molecule has 5 nitrogen and oxygen atoms in total. The van der Waals surface area contributed by atoms with E-state index in [-0.39, 0.29) is 0 Å². The van der Waals surface area contributed by atoms with Crippen molar-refractivity contribution >= 4 is 22.1 Å². The van der Waals surface area contributed by atoms with Gasteiger partial charge >= 0.3 is 0 Å². The van der Waals surface area contributed by atoms with Crippen molar-refractivity contribution in [1.82, 2.24) is 24.1 Å². The molecule has 0 radical (unpaired) electrons. The van der Waals surface area contributed by atoms with Crippen molar-refractivity contribution < 1.29 is 0 Å². The second-order valence-corrected chi connectivity index (χ2v) is 10.2. The average Bonchev–Trinajstić information content (AvgIpc) is 3.41. The lowest BCUT2D eigenvalue weighted by Crippen LogP contribution is -2.01. The maximum atomic E-state index is 4.84. The van der Waals surface area contributed by atoms with Gasteiger partial charge in [-0.05, 0) is 76.3 Å². The summed E-state index contributed by atoms with van der Waals surface area (Å²) >= 11 is 0. The first-order valence-electron chi connectivity index (χ1n) is 14.0. The number of hydrogen-bond acceptors (Lipinski definition) is 3. The Bertz CT molecular complexity index is 1350. The lowest BCUT2D eigenvalue weighted by molar-refractivity contribution is 0.721.